The maximum Gasteiger partial charge on any atom is 0.243 e. The van der Waals surface area contributed by atoms with E-state index in [0.29, 0.717) is 19.4 Å². The van der Waals surface area contributed by atoms with Crippen LogP contribution in [0.15, 0.2) is 30.3 Å². The Balaban J connectivity index is 2.71. The van der Waals surface area contributed by atoms with Crippen LogP contribution in [0, 0.1) is 0 Å². The average molecular weight is 334 g/mol. The molecule has 24 heavy (non-hydrogen) atoms. The van der Waals surface area contributed by atoms with Crippen molar-refractivity contribution in [1.29, 1.82) is 0 Å². The Kier molecular flexibility index (Phi) is 7.38. The largest absolute Gasteiger partial charge is 0.368 e. The van der Waals surface area contributed by atoms with Gasteiger partial charge in [0.2, 0.25) is 17.7 Å². The molecule has 1 aromatic rings. The second-order valence-corrected chi connectivity index (χ2v) is 6.19. The summed E-state index contributed by atoms with van der Waals surface area (Å²) in [4.78, 5) is 35.9. The molecule has 0 aliphatic carbocycles. The number of benzene rings is 1. The maximum atomic E-state index is 12.4. The van der Waals surface area contributed by atoms with Crippen LogP contribution in [0.2, 0.25) is 0 Å². The molecule has 132 valence electrons. The van der Waals surface area contributed by atoms with Crippen LogP contribution in [0.3, 0.4) is 0 Å². The number of amides is 3. The summed E-state index contributed by atoms with van der Waals surface area (Å²) in [5.41, 5.74) is 10.4. The van der Waals surface area contributed by atoms with Crippen LogP contribution in [0.1, 0.15) is 32.3 Å². The standard InChI is InChI=1S/C17H26N4O3/c1-17(2,16(19)24)21-15(23)13(9-6-10-18)20-14(22)11-12-7-4-3-5-8-12/h3-5,7-8,13H,6,9-11,18H2,1-2H3,(H2,19,24)(H,20,22)(H,21,23)/t13-/m1/s1. The van der Waals surface area contributed by atoms with Gasteiger partial charge >= 0.3 is 0 Å². The van der Waals surface area contributed by atoms with Gasteiger partial charge in [0.05, 0.1) is 6.42 Å². The van der Waals surface area contributed by atoms with Crippen molar-refractivity contribution in [3.05, 3.63) is 35.9 Å². The van der Waals surface area contributed by atoms with Crippen molar-refractivity contribution in [1.82, 2.24) is 10.6 Å². The van der Waals surface area contributed by atoms with Crippen molar-refractivity contribution in [2.45, 2.75) is 44.7 Å². The first-order valence-corrected chi connectivity index (χ1v) is 7.91. The number of carbonyl (C=O) groups excluding carboxylic acids is 3. The van der Waals surface area contributed by atoms with Crippen LogP contribution in [0.25, 0.3) is 0 Å². The smallest absolute Gasteiger partial charge is 0.243 e. The van der Waals surface area contributed by atoms with E-state index in [9.17, 15) is 14.4 Å². The van der Waals surface area contributed by atoms with E-state index in [0.717, 1.165) is 5.56 Å². The number of hydrogen-bond acceptors (Lipinski definition) is 4. The van der Waals surface area contributed by atoms with E-state index in [4.69, 9.17) is 11.5 Å². The molecule has 6 N–H and O–H groups in total. The molecule has 0 aliphatic heterocycles. The molecule has 7 heteroatoms. The van der Waals surface area contributed by atoms with Gasteiger partial charge in [0, 0.05) is 0 Å². The van der Waals surface area contributed by atoms with Gasteiger partial charge in [0.15, 0.2) is 0 Å². The van der Waals surface area contributed by atoms with Gasteiger partial charge in [-0.1, -0.05) is 30.3 Å². The van der Waals surface area contributed by atoms with Gasteiger partial charge in [-0.15, -0.1) is 0 Å². The Bertz CT molecular complexity index is 572. The summed E-state index contributed by atoms with van der Waals surface area (Å²) < 4.78 is 0. The highest BCUT2D eigenvalue weighted by atomic mass is 16.2. The molecule has 0 aromatic heterocycles. The third-order valence-electron chi connectivity index (χ3n) is 3.61. The fourth-order valence-corrected chi connectivity index (χ4v) is 2.07. The lowest BCUT2D eigenvalue weighted by Gasteiger charge is -2.26. The monoisotopic (exact) mass is 334 g/mol. The topological polar surface area (TPSA) is 127 Å². The van der Waals surface area contributed by atoms with Gasteiger partial charge in [-0.05, 0) is 38.8 Å². The zero-order valence-electron chi connectivity index (χ0n) is 14.2. The molecule has 0 radical (unpaired) electrons. The van der Waals surface area contributed by atoms with E-state index in [1.165, 1.54) is 13.8 Å². The van der Waals surface area contributed by atoms with E-state index in [2.05, 4.69) is 10.6 Å². The average Bonchev–Trinajstić information content (AvgIpc) is 2.51. The molecule has 1 aromatic carbocycles. The third kappa shape index (κ3) is 6.37. The first-order valence-electron chi connectivity index (χ1n) is 7.91. The highest BCUT2D eigenvalue weighted by molar-refractivity contribution is 5.93. The van der Waals surface area contributed by atoms with Crippen LogP contribution in [-0.4, -0.2) is 35.8 Å². The van der Waals surface area contributed by atoms with Crippen LogP contribution in [-0.2, 0) is 20.8 Å². The van der Waals surface area contributed by atoms with Gasteiger partial charge in [-0.3, -0.25) is 14.4 Å². The van der Waals surface area contributed by atoms with Crippen molar-refractivity contribution < 1.29 is 14.4 Å². The SMILES string of the molecule is CC(C)(NC(=O)[C@@H](CCCN)NC(=O)Cc1ccccc1)C(N)=O. The van der Waals surface area contributed by atoms with Crippen LogP contribution < -0.4 is 22.1 Å². The number of rotatable bonds is 9. The molecule has 0 saturated heterocycles. The highest BCUT2D eigenvalue weighted by Gasteiger charge is 2.30. The van der Waals surface area contributed by atoms with E-state index in [1.807, 2.05) is 30.3 Å². The molecule has 0 spiro atoms. The summed E-state index contributed by atoms with van der Waals surface area (Å²) in [5.74, 6) is -1.37. The van der Waals surface area contributed by atoms with Crippen molar-refractivity contribution >= 4 is 17.7 Å². The maximum absolute atomic E-state index is 12.4. The predicted molar refractivity (Wildman–Crippen MR) is 91.8 cm³/mol. The Morgan fingerprint density at radius 3 is 2.33 bits per heavy atom. The van der Waals surface area contributed by atoms with Crippen LogP contribution in [0.4, 0.5) is 0 Å². The number of nitrogens with two attached hydrogens (primary N) is 2. The third-order valence-corrected chi connectivity index (χ3v) is 3.61. The minimum absolute atomic E-state index is 0.173. The van der Waals surface area contributed by atoms with Gasteiger partial charge < -0.3 is 22.1 Å². The Morgan fingerprint density at radius 1 is 1.17 bits per heavy atom. The summed E-state index contributed by atoms with van der Waals surface area (Å²) in [6.45, 7) is 3.43. The lowest BCUT2D eigenvalue weighted by Crippen LogP contribution is -2.58. The second-order valence-electron chi connectivity index (χ2n) is 6.19. The Hall–Kier alpha value is -2.41. The van der Waals surface area contributed by atoms with E-state index >= 15 is 0 Å². The predicted octanol–water partition coefficient (Wildman–Crippen LogP) is -0.167. The summed E-state index contributed by atoms with van der Waals surface area (Å²) in [5, 5.41) is 5.27. The molecular formula is C17H26N4O3. The molecule has 3 amide bonds. The first kappa shape index (κ1) is 19.6. The normalized spacial score (nSPS) is 12.3. The lowest BCUT2D eigenvalue weighted by molar-refractivity contribution is -0.133. The number of hydrogen-bond donors (Lipinski definition) is 4. The number of nitrogens with one attached hydrogen (secondary N) is 2. The molecule has 0 bridgehead atoms. The highest BCUT2D eigenvalue weighted by Crippen LogP contribution is 2.05. The van der Waals surface area contributed by atoms with E-state index in [1.54, 1.807) is 0 Å². The molecule has 0 heterocycles. The fraction of sp³-hybridized carbons (Fsp3) is 0.471. The lowest BCUT2D eigenvalue weighted by atomic mass is 10.0. The van der Waals surface area contributed by atoms with E-state index in [-0.39, 0.29) is 12.3 Å². The Morgan fingerprint density at radius 2 is 1.79 bits per heavy atom. The second kappa shape index (κ2) is 9.02. The first-order chi connectivity index (χ1) is 11.3. The molecule has 0 unspecified atom stereocenters. The molecule has 7 nitrogen and oxygen atoms in total. The van der Waals surface area contributed by atoms with Crippen molar-refractivity contribution in [2.24, 2.45) is 11.5 Å². The number of primary amides is 1. The summed E-state index contributed by atoms with van der Waals surface area (Å²) in [6, 6.07) is 8.47. The molecule has 1 atom stereocenters. The van der Waals surface area contributed by atoms with Crippen molar-refractivity contribution in [3.63, 3.8) is 0 Å². The van der Waals surface area contributed by atoms with Crippen LogP contribution >= 0.6 is 0 Å². The van der Waals surface area contributed by atoms with Crippen LogP contribution in [0.5, 0.6) is 0 Å². The Labute approximate surface area is 142 Å². The van der Waals surface area contributed by atoms with Gasteiger partial charge in [-0.25, -0.2) is 0 Å². The van der Waals surface area contributed by atoms with Crippen molar-refractivity contribution in [3.8, 4) is 0 Å². The number of carbonyl (C=O) groups is 3. The summed E-state index contributed by atoms with van der Waals surface area (Å²) in [6.07, 6.45) is 1.13. The van der Waals surface area contributed by atoms with Gasteiger partial charge in [0.25, 0.3) is 0 Å². The van der Waals surface area contributed by atoms with Gasteiger partial charge in [0.1, 0.15) is 11.6 Å². The minimum atomic E-state index is -1.19. The van der Waals surface area contributed by atoms with Gasteiger partial charge in [-0.2, -0.15) is 0 Å². The zero-order chi connectivity index (χ0) is 18.2. The minimum Gasteiger partial charge on any atom is -0.368 e. The summed E-state index contributed by atoms with van der Waals surface area (Å²) >= 11 is 0. The molecule has 1 rings (SSSR count). The fourth-order valence-electron chi connectivity index (χ4n) is 2.07. The zero-order valence-corrected chi connectivity index (χ0v) is 14.2. The molecular weight excluding hydrogens is 308 g/mol. The van der Waals surface area contributed by atoms with Crippen molar-refractivity contribution in [2.75, 3.05) is 6.54 Å². The molecule has 0 saturated carbocycles. The summed E-state index contributed by atoms with van der Waals surface area (Å²) in [7, 11) is 0. The molecule has 0 aliphatic rings. The molecule has 0 fully saturated rings. The van der Waals surface area contributed by atoms with E-state index < -0.39 is 23.4 Å². The quantitative estimate of drug-likeness (QED) is 0.500.